The maximum Gasteiger partial charge on any atom is 0.326 e. The summed E-state index contributed by atoms with van der Waals surface area (Å²) in [4.78, 5) is 27.1. The Morgan fingerprint density at radius 1 is 1.25 bits per heavy atom. The molecule has 3 rings (SSSR count). The topological polar surface area (TPSA) is 60.9 Å². The van der Waals surface area contributed by atoms with Crippen LogP contribution in [0.3, 0.4) is 0 Å². The van der Waals surface area contributed by atoms with E-state index in [-0.39, 0.29) is 12.5 Å². The van der Waals surface area contributed by atoms with Gasteiger partial charge in [-0.25, -0.2) is 4.79 Å². The van der Waals surface area contributed by atoms with E-state index < -0.39 is 12.0 Å². The highest BCUT2D eigenvalue weighted by Crippen LogP contribution is 2.27. The molecule has 0 saturated carbocycles. The number of carboxylic acid groups (broad SMARTS) is 1. The van der Waals surface area contributed by atoms with Crippen molar-refractivity contribution in [3.8, 4) is 0 Å². The number of likely N-dealkylation sites (tertiary alicyclic amines) is 1. The standard InChI is InChI=1S/C15H18N2O3/c18-14(17-8-3-6-13(17)15(19)20)10-16-9-7-11-4-1-2-5-12(11)16/h1-2,4-5,13H,3,6-10H2,(H,19,20). The average molecular weight is 274 g/mol. The predicted octanol–water partition coefficient (Wildman–Crippen LogP) is 1.12. The molecule has 1 fully saturated rings. The van der Waals surface area contributed by atoms with E-state index >= 15 is 0 Å². The van der Waals surface area contributed by atoms with Crippen molar-refractivity contribution in [3.05, 3.63) is 29.8 Å². The number of para-hydroxylation sites is 1. The summed E-state index contributed by atoms with van der Waals surface area (Å²) in [7, 11) is 0. The van der Waals surface area contributed by atoms with Crippen molar-refractivity contribution in [2.45, 2.75) is 25.3 Å². The molecule has 1 amide bonds. The number of amides is 1. The van der Waals surface area contributed by atoms with Gasteiger partial charge in [-0.3, -0.25) is 4.79 Å². The number of carboxylic acids is 1. The molecule has 0 aliphatic carbocycles. The fraction of sp³-hybridized carbons (Fsp3) is 0.467. The van der Waals surface area contributed by atoms with E-state index in [1.165, 1.54) is 10.5 Å². The van der Waals surface area contributed by atoms with E-state index in [2.05, 4.69) is 11.0 Å². The van der Waals surface area contributed by atoms with Crippen LogP contribution in [0.15, 0.2) is 24.3 Å². The summed E-state index contributed by atoms with van der Waals surface area (Å²) in [6.07, 6.45) is 2.29. The van der Waals surface area contributed by atoms with Gasteiger partial charge in [0.25, 0.3) is 0 Å². The molecular formula is C15H18N2O3. The first-order valence-corrected chi connectivity index (χ1v) is 7.02. The second-order valence-corrected chi connectivity index (χ2v) is 5.38. The number of anilines is 1. The van der Waals surface area contributed by atoms with Gasteiger partial charge in [-0.05, 0) is 30.9 Å². The summed E-state index contributed by atoms with van der Waals surface area (Å²) < 4.78 is 0. The third kappa shape index (κ3) is 2.24. The third-order valence-electron chi connectivity index (χ3n) is 4.17. The minimum atomic E-state index is -0.891. The first-order valence-electron chi connectivity index (χ1n) is 7.02. The average Bonchev–Trinajstić information content (AvgIpc) is 3.06. The van der Waals surface area contributed by atoms with Gasteiger partial charge in [0.15, 0.2) is 0 Å². The van der Waals surface area contributed by atoms with Crippen LogP contribution >= 0.6 is 0 Å². The molecule has 0 bridgehead atoms. The Morgan fingerprint density at radius 3 is 2.85 bits per heavy atom. The number of carbonyl (C=O) groups excluding carboxylic acids is 1. The number of rotatable bonds is 3. The van der Waals surface area contributed by atoms with Crippen molar-refractivity contribution >= 4 is 17.6 Å². The van der Waals surface area contributed by atoms with Crippen LogP contribution in [0, 0.1) is 0 Å². The zero-order valence-electron chi connectivity index (χ0n) is 11.3. The Kier molecular flexibility index (Phi) is 3.34. The van der Waals surface area contributed by atoms with E-state index in [4.69, 9.17) is 5.11 Å². The van der Waals surface area contributed by atoms with Gasteiger partial charge < -0.3 is 14.9 Å². The lowest BCUT2D eigenvalue weighted by Crippen LogP contribution is -2.45. The van der Waals surface area contributed by atoms with Crippen LogP contribution in [0.5, 0.6) is 0 Å². The Labute approximate surface area is 117 Å². The highest BCUT2D eigenvalue weighted by molar-refractivity contribution is 5.87. The summed E-state index contributed by atoms with van der Waals surface area (Å²) in [5.74, 6) is -0.968. The Hall–Kier alpha value is -2.04. The quantitative estimate of drug-likeness (QED) is 0.897. The molecule has 106 valence electrons. The molecule has 1 saturated heterocycles. The first-order chi connectivity index (χ1) is 9.66. The zero-order valence-corrected chi connectivity index (χ0v) is 11.3. The van der Waals surface area contributed by atoms with Gasteiger partial charge in [-0.2, -0.15) is 0 Å². The molecule has 0 spiro atoms. The van der Waals surface area contributed by atoms with Crippen LogP contribution < -0.4 is 4.90 Å². The molecule has 1 aromatic carbocycles. The molecule has 2 aliphatic rings. The van der Waals surface area contributed by atoms with Crippen LogP contribution in [0.4, 0.5) is 5.69 Å². The summed E-state index contributed by atoms with van der Waals surface area (Å²) in [6, 6.07) is 7.44. The van der Waals surface area contributed by atoms with Crippen LogP contribution in [0.1, 0.15) is 18.4 Å². The van der Waals surface area contributed by atoms with Crippen molar-refractivity contribution < 1.29 is 14.7 Å². The molecule has 1 unspecified atom stereocenters. The largest absolute Gasteiger partial charge is 0.480 e. The Bertz CT molecular complexity index is 544. The van der Waals surface area contributed by atoms with Gasteiger partial charge in [0.05, 0.1) is 6.54 Å². The molecule has 20 heavy (non-hydrogen) atoms. The number of nitrogens with zero attached hydrogens (tertiary/aromatic N) is 2. The monoisotopic (exact) mass is 274 g/mol. The van der Waals surface area contributed by atoms with Crippen LogP contribution in [0.25, 0.3) is 0 Å². The van der Waals surface area contributed by atoms with Gasteiger partial charge in [0, 0.05) is 18.8 Å². The van der Waals surface area contributed by atoms with Gasteiger partial charge in [-0.15, -0.1) is 0 Å². The smallest absolute Gasteiger partial charge is 0.326 e. The molecule has 1 atom stereocenters. The number of hydrogen-bond donors (Lipinski definition) is 1. The van der Waals surface area contributed by atoms with Crippen molar-refractivity contribution in [3.63, 3.8) is 0 Å². The maximum absolute atomic E-state index is 12.3. The third-order valence-corrected chi connectivity index (χ3v) is 4.17. The SMILES string of the molecule is O=C(O)C1CCCN1C(=O)CN1CCc2ccccc21. The van der Waals surface area contributed by atoms with E-state index in [9.17, 15) is 9.59 Å². The second kappa shape index (κ2) is 5.15. The van der Waals surface area contributed by atoms with E-state index in [1.54, 1.807) is 0 Å². The minimum absolute atomic E-state index is 0.0772. The zero-order chi connectivity index (χ0) is 14.1. The lowest BCUT2D eigenvalue weighted by molar-refractivity contribution is -0.147. The van der Waals surface area contributed by atoms with E-state index in [0.29, 0.717) is 13.0 Å². The summed E-state index contributed by atoms with van der Waals surface area (Å²) in [5, 5.41) is 9.14. The Morgan fingerprint density at radius 2 is 2.05 bits per heavy atom. The highest BCUT2D eigenvalue weighted by Gasteiger charge is 2.35. The minimum Gasteiger partial charge on any atom is -0.480 e. The highest BCUT2D eigenvalue weighted by atomic mass is 16.4. The summed E-state index contributed by atoms with van der Waals surface area (Å²) in [5.41, 5.74) is 2.36. The van der Waals surface area contributed by atoms with Crippen molar-refractivity contribution in [2.24, 2.45) is 0 Å². The van der Waals surface area contributed by atoms with Gasteiger partial charge in [-0.1, -0.05) is 18.2 Å². The van der Waals surface area contributed by atoms with Gasteiger partial charge >= 0.3 is 5.97 Å². The van der Waals surface area contributed by atoms with E-state index in [0.717, 1.165) is 25.1 Å². The van der Waals surface area contributed by atoms with Gasteiger partial charge in [0.1, 0.15) is 6.04 Å². The number of fused-ring (bicyclic) bond motifs is 1. The lowest BCUT2D eigenvalue weighted by Gasteiger charge is -2.25. The molecule has 1 aromatic rings. The lowest BCUT2D eigenvalue weighted by atomic mass is 10.2. The molecule has 2 aliphatic heterocycles. The fourth-order valence-electron chi connectivity index (χ4n) is 3.15. The molecule has 1 N–H and O–H groups in total. The number of aliphatic carboxylic acids is 1. The molecule has 5 nitrogen and oxygen atoms in total. The van der Waals surface area contributed by atoms with Gasteiger partial charge in [0.2, 0.25) is 5.91 Å². The van der Waals surface area contributed by atoms with Crippen LogP contribution in [-0.2, 0) is 16.0 Å². The molecule has 2 heterocycles. The number of benzene rings is 1. The first kappa shape index (κ1) is 13.0. The second-order valence-electron chi connectivity index (χ2n) is 5.38. The molecule has 0 aromatic heterocycles. The summed E-state index contributed by atoms with van der Waals surface area (Å²) >= 11 is 0. The fourth-order valence-corrected chi connectivity index (χ4v) is 3.15. The maximum atomic E-state index is 12.3. The number of hydrogen-bond acceptors (Lipinski definition) is 3. The van der Waals surface area contributed by atoms with Crippen molar-refractivity contribution in [1.82, 2.24) is 4.90 Å². The molecule has 0 radical (unpaired) electrons. The summed E-state index contributed by atoms with van der Waals surface area (Å²) in [6.45, 7) is 1.67. The molecule has 5 heteroatoms. The van der Waals surface area contributed by atoms with Crippen molar-refractivity contribution in [1.29, 1.82) is 0 Å². The molecular weight excluding hydrogens is 256 g/mol. The Balaban J connectivity index is 1.70. The van der Waals surface area contributed by atoms with Crippen LogP contribution in [-0.4, -0.2) is 47.6 Å². The van der Waals surface area contributed by atoms with Crippen LogP contribution in [0.2, 0.25) is 0 Å². The van der Waals surface area contributed by atoms with E-state index in [1.807, 2.05) is 18.2 Å². The normalized spacial score (nSPS) is 21.1. The number of carbonyl (C=O) groups is 2. The predicted molar refractivity (Wildman–Crippen MR) is 74.7 cm³/mol. The van der Waals surface area contributed by atoms with Crippen molar-refractivity contribution in [2.75, 3.05) is 24.5 Å².